The number of carboxylic acid groups (broad SMARTS) is 1. The lowest BCUT2D eigenvalue weighted by molar-refractivity contribution is -0.139. The number of rotatable bonds is 1. The van der Waals surface area contributed by atoms with E-state index >= 15 is 0 Å². The van der Waals surface area contributed by atoms with Crippen LogP contribution in [0.4, 0.5) is 0 Å². The molecule has 3 nitrogen and oxygen atoms in total. The van der Waals surface area contributed by atoms with Gasteiger partial charge < -0.3 is 10.4 Å². The van der Waals surface area contributed by atoms with Crippen LogP contribution in [-0.2, 0) is 4.79 Å². The molecular weight excluding hydrogens is 142 g/mol. The number of carboxylic acids is 1. The Bertz CT molecular complexity index is 153. The fourth-order valence-electron chi connectivity index (χ4n) is 0.895. The van der Waals surface area contributed by atoms with E-state index in [1.807, 2.05) is 0 Å². The smallest absolute Gasteiger partial charge is 0.320 e. The van der Waals surface area contributed by atoms with Crippen molar-refractivity contribution in [1.29, 1.82) is 0 Å². The van der Waals surface area contributed by atoms with Crippen molar-refractivity contribution in [3.8, 4) is 0 Å². The quantitative estimate of drug-likeness (QED) is 0.550. The Morgan fingerprint density at radius 2 is 2.18 bits per heavy atom. The van der Waals surface area contributed by atoms with Crippen LogP contribution in [0.2, 0.25) is 0 Å². The van der Waals surface area contributed by atoms with Crippen molar-refractivity contribution in [1.82, 2.24) is 5.32 Å². The molecule has 62 valence electrons. The fourth-order valence-corrected chi connectivity index (χ4v) is 0.895. The van der Waals surface area contributed by atoms with Gasteiger partial charge in [-0.15, -0.1) is 5.73 Å². The first-order chi connectivity index (χ1) is 5.22. The van der Waals surface area contributed by atoms with Gasteiger partial charge in [0.2, 0.25) is 0 Å². The summed E-state index contributed by atoms with van der Waals surface area (Å²) < 4.78 is 0. The van der Waals surface area contributed by atoms with Crippen LogP contribution in [0.1, 0.15) is 12.8 Å². The lowest BCUT2D eigenvalue weighted by atomic mass is 10.2. The van der Waals surface area contributed by atoms with Gasteiger partial charge in [-0.3, -0.25) is 4.79 Å². The first-order valence-electron chi connectivity index (χ1n) is 3.47. The predicted molar refractivity (Wildman–Crippen MR) is 43.4 cm³/mol. The van der Waals surface area contributed by atoms with Gasteiger partial charge in [-0.2, -0.15) is 0 Å². The van der Waals surface area contributed by atoms with Crippen LogP contribution >= 0.6 is 0 Å². The highest BCUT2D eigenvalue weighted by molar-refractivity contribution is 5.73. The van der Waals surface area contributed by atoms with Crippen molar-refractivity contribution in [2.75, 3.05) is 6.54 Å². The largest absolute Gasteiger partial charge is 0.480 e. The van der Waals surface area contributed by atoms with E-state index in [1.165, 1.54) is 0 Å². The Hall–Kier alpha value is -1.05. The van der Waals surface area contributed by atoms with Crippen LogP contribution < -0.4 is 5.32 Å². The summed E-state index contributed by atoms with van der Waals surface area (Å²) in [5.74, 6) is -0.720. The summed E-state index contributed by atoms with van der Waals surface area (Å²) in [6, 6.07) is -0.269. The molecule has 0 spiro atoms. The average Bonchev–Trinajstić information content (AvgIpc) is 2.38. The summed E-state index contributed by atoms with van der Waals surface area (Å²) in [5.41, 5.74) is 2.25. The molecule has 0 aromatic carbocycles. The van der Waals surface area contributed by atoms with E-state index in [9.17, 15) is 4.79 Å². The highest BCUT2D eigenvalue weighted by Crippen LogP contribution is 2.03. The zero-order chi connectivity index (χ0) is 8.69. The first-order valence-corrected chi connectivity index (χ1v) is 3.47. The zero-order valence-electron chi connectivity index (χ0n) is 6.47. The molecule has 0 aromatic heterocycles. The number of aliphatic carboxylic acids is 1. The molecule has 3 heteroatoms. The molecule has 0 saturated carbocycles. The molecule has 0 amide bonds. The molecule has 1 saturated heterocycles. The number of hydrogen-bond acceptors (Lipinski definition) is 2. The first kappa shape index (κ1) is 9.95. The second-order valence-corrected chi connectivity index (χ2v) is 2.24. The van der Waals surface area contributed by atoms with Crippen LogP contribution in [-0.4, -0.2) is 23.7 Å². The molecule has 1 rings (SSSR count). The standard InChI is InChI=1S/C5H9NO2.C3H4/c7-5(8)4-2-1-3-6-4;1-3-2/h4,6H,1-3H2,(H,7,8);1-2H2/t4-;/m0./s1. The third-order valence-corrected chi connectivity index (χ3v) is 1.36. The molecular formula is C8H13NO2. The molecule has 0 unspecified atom stereocenters. The molecule has 0 aromatic rings. The van der Waals surface area contributed by atoms with Gasteiger partial charge in [-0.1, -0.05) is 13.2 Å². The summed E-state index contributed by atoms with van der Waals surface area (Å²) in [4.78, 5) is 10.1. The van der Waals surface area contributed by atoms with Gasteiger partial charge in [0, 0.05) is 0 Å². The van der Waals surface area contributed by atoms with Crippen molar-refractivity contribution in [3.05, 3.63) is 18.9 Å². The molecule has 1 aliphatic rings. The predicted octanol–water partition coefficient (Wildman–Crippen LogP) is 0.780. The summed E-state index contributed by atoms with van der Waals surface area (Å²) in [6.45, 7) is 7.11. The van der Waals surface area contributed by atoms with Crippen LogP contribution in [0.25, 0.3) is 0 Å². The van der Waals surface area contributed by atoms with Crippen LogP contribution in [0.15, 0.2) is 18.9 Å². The Morgan fingerprint density at radius 1 is 1.64 bits per heavy atom. The summed E-state index contributed by atoms with van der Waals surface area (Å²) in [5, 5.41) is 11.2. The van der Waals surface area contributed by atoms with Crippen molar-refractivity contribution < 1.29 is 9.90 Å². The third kappa shape index (κ3) is 4.37. The van der Waals surface area contributed by atoms with Gasteiger partial charge >= 0.3 is 5.97 Å². The van der Waals surface area contributed by atoms with E-state index in [0.717, 1.165) is 19.4 Å². The van der Waals surface area contributed by atoms with E-state index in [1.54, 1.807) is 0 Å². The highest BCUT2D eigenvalue weighted by Gasteiger charge is 2.20. The van der Waals surface area contributed by atoms with E-state index in [2.05, 4.69) is 24.2 Å². The average molecular weight is 155 g/mol. The Labute approximate surface area is 66.4 Å². The topological polar surface area (TPSA) is 49.3 Å². The van der Waals surface area contributed by atoms with E-state index < -0.39 is 5.97 Å². The highest BCUT2D eigenvalue weighted by atomic mass is 16.4. The zero-order valence-corrected chi connectivity index (χ0v) is 6.47. The van der Waals surface area contributed by atoms with Crippen molar-refractivity contribution in [3.63, 3.8) is 0 Å². The van der Waals surface area contributed by atoms with E-state index in [-0.39, 0.29) is 6.04 Å². The molecule has 2 N–H and O–H groups in total. The fraction of sp³-hybridized carbons (Fsp3) is 0.500. The second-order valence-electron chi connectivity index (χ2n) is 2.24. The minimum absolute atomic E-state index is 0.269. The monoisotopic (exact) mass is 155 g/mol. The maximum atomic E-state index is 10.1. The SMILES string of the molecule is C=C=C.O=C(O)[C@@H]1CCCN1. The number of hydrogen-bond donors (Lipinski definition) is 2. The summed E-state index contributed by atoms with van der Waals surface area (Å²) in [7, 11) is 0. The molecule has 1 fully saturated rings. The Balaban J connectivity index is 0.000000292. The summed E-state index contributed by atoms with van der Waals surface area (Å²) in [6.07, 6.45) is 1.78. The third-order valence-electron chi connectivity index (χ3n) is 1.36. The lowest BCUT2D eigenvalue weighted by Gasteiger charge is -1.99. The van der Waals surface area contributed by atoms with Gasteiger partial charge in [0.25, 0.3) is 0 Å². The van der Waals surface area contributed by atoms with Crippen molar-refractivity contribution in [2.45, 2.75) is 18.9 Å². The van der Waals surface area contributed by atoms with Crippen molar-refractivity contribution in [2.24, 2.45) is 0 Å². The van der Waals surface area contributed by atoms with Gasteiger partial charge in [0.1, 0.15) is 6.04 Å². The molecule has 0 aliphatic carbocycles. The second kappa shape index (κ2) is 5.71. The Morgan fingerprint density at radius 3 is 2.36 bits per heavy atom. The van der Waals surface area contributed by atoms with E-state index in [0.29, 0.717) is 0 Å². The minimum Gasteiger partial charge on any atom is -0.480 e. The van der Waals surface area contributed by atoms with Gasteiger partial charge in [0.15, 0.2) is 0 Å². The number of nitrogens with one attached hydrogen (secondary N) is 1. The maximum Gasteiger partial charge on any atom is 0.320 e. The number of carbonyl (C=O) groups is 1. The summed E-state index contributed by atoms with van der Waals surface area (Å²) >= 11 is 0. The molecule has 1 heterocycles. The molecule has 1 aliphatic heterocycles. The van der Waals surface area contributed by atoms with E-state index in [4.69, 9.17) is 5.11 Å². The molecule has 11 heavy (non-hydrogen) atoms. The van der Waals surface area contributed by atoms with Crippen LogP contribution in [0, 0.1) is 0 Å². The van der Waals surface area contributed by atoms with Crippen LogP contribution in [0.5, 0.6) is 0 Å². The molecule has 0 bridgehead atoms. The molecule has 1 atom stereocenters. The normalized spacial score (nSPS) is 21.3. The van der Waals surface area contributed by atoms with Crippen LogP contribution in [0.3, 0.4) is 0 Å². The van der Waals surface area contributed by atoms with Gasteiger partial charge in [0.05, 0.1) is 0 Å². The van der Waals surface area contributed by atoms with Gasteiger partial charge in [-0.05, 0) is 19.4 Å². The van der Waals surface area contributed by atoms with Gasteiger partial charge in [-0.25, -0.2) is 0 Å². The Kier molecular flexibility index (Phi) is 5.17. The molecule has 0 radical (unpaired) electrons. The maximum absolute atomic E-state index is 10.1. The van der Waals surface area contributed by atoms with Crippen molar-refractivity contribution >= 4 is 5.97 Å². The lowest BCUT2D eigenvalue weighted by Crippen LogP contribution is -2.29. The minimum atomic E-state index is -0.720.